The Balaban J connectivity index is 4.26. The molecule has 0 aromatic heterocycles. The van der Waals surface area contributed by atoms with Crippen LogP contribution in [0.1, 0.15) is 251 Å². The van der Waals surface area contributed by atoms with Gasteiger partial charge in [0.25, 0.3) is 0 Å². The summed E-state index contributed by atoms with van der Waals surface area (Å²) in [5, 5.41) is 13.9. The predicted octanol–water partition coefficient (Wildman–Crippen LogP) is 18.0. The molecule has 0 aromatic carbocycles. The molecule has 3 unspecified atom stereocenters. The van der Waals surface area contributed by atoms with Crippen LogP contribution in [-0.4, -0.2) is 73.4 Å². The third-order valence-corrected chi connectivity index (χ3v) is 13.8. The quantitative estimate of drug-likeness (QED) is 0.0243. The fourth-order valence-electron chi connectivity index (χ4n) is 8.26. The van der Waals surface area contributed by atoms with Crippen molar-refractivity contribution in [2.24, 2.45) is 0 Å². The number of rotatable bonds is 53. The lowest BCUT2D eigenvalue weighted by atomic mass is 10.0. The number of hydrogen-bond acceptors (Lipinski definition) is 5. The zero-order valence-electron chi connectivity index (χ0n) is 46.9. The first-order chi connectivity index (χ1) is 34.5. The first kappa shape index (κ1) is 68.7. The summed E-state index contributed by atoms with van der Waals surface area (Å²) in [5.74, 6) is -0.192. The molecule has 0 aromatic rings. The Hall–Kier alpha value is -2.32. The van der Waals surface area contributed by atoms with Crippen molar-refractivity contribution in [3.05, 3.63) is 85.1 Å². The third-order valence-electron chi connectivity index (χ3n) is 12.8. The van der Waals surface area contributed by atoms with Crippen LogP contribution in [0.25, 0.3) is 0 Å². The maximum Gasteiger partial charge on any atom is 0.472 e. The molecule has 0 radical (unpaired) electrons. The number of allylic oxidation sites excluding steroid dienone is 13. The lowest BCUT2D eigenvalue weighted by Crippen LogP contribution is -2.45. The number of quaternary nitrogens is 1. The van der Waals surface area contributed by atoms with Gasteiger partial charge in [-0.2, -0.15) is 0 Å². The molecular weight excluding hydrogens is 900 g/mol. The van der Waals surface area contributed by atoms with Crippen LogP contribution in [0.4, 0.5) is 0 Å². The predicted molar refractivity (Wildman–Crippen MR) is 309 cm³/mol. The molecule has 0 saturated heterocycles. The van der Waals surface area contributed by atoms with Gasteiger partial charge in [-0.3, -0.25) is 13.8 Å². The van der Waals surface area contributed by atoms with Gasteiger partial charge in [0.05, 0.1) is 39.9 Å². The van der Waals surface area contributed by atoms with Crippen LogP contribution in [0.15, 0.2) is 85.1 Å². The Morgan fingerprint density at radius 1 is 0.493 bits per heavy atom. The molecule has 0 bridgehead atoms. The highest BCUT2D eigenvalue weighted by molar-refractivity contribution is 7.47. The Morgan fingerprint density at radius 3 is 1.30 bits per heavy atom. The zero-order chi connectivity index (χ0) is 52.0. The molecule has 8 nitrogen and oxygen atoms in total. The first-order valence-corrected chi connectivity index (χ1v) is 31.0. The normalized spacial score (nSPS) is 14.5. The summed E-state index contributed by atoms with van der Waals surface area (Å²) in [4.78, 5) is 23.3. The minimum atomic E-state index is -4.36. The second kappa shape index (κ2) is 52.5. The van der Waals surface area contributed by atoms with Gasteiger partial charge in [0, 0.05) is 6.42 Å². The fourth-order valence-corrected chi connectivity index (χ4v) is 9.00. The summed E-state index contributed by atoms with van der Waals surface area (Å²) in [6.45, 7) is 4.69. The van der Waals surface area contributed by atoms with Crippen LogP contribution < -0.4 is 5.32 Å². The zero-order valence-corrected chi connectivity index (χ0v) is 47.8. The molecule has 3 N–H and O–H groups in total. The summed E-state index contributed by atoms with van der Waals surface area (Å²) >= 11 is 0. The number of nitrogens with zero attached hydrogens (tertiary/aromatic N) is 1. The van der Waals surface area contributed by atoms with E-state index in [1.807, 2.05) is 27.2 Å². The number of nitrogens with one attached hydrogen (secondary N) is 1. The lowest BCUT2D eigenvalue weighted by molar-refractivity contribution is -0.870. The van der Waals surface area contributed by atoms with Crippen LogP contribution in [0.5, 0.6) is 0 Å². The molecular formula is C62H114N2O6P+. The lowest BCUT2D eigenvalue weighted by Gasteiger charge is -2.25. The Labute approximate surface area is 439 Å². The maximum absolute atomic E-state index is 13.0. The van der Waals surface area contributed by atoms with Crippen LogP contribution in [0, 0.1) is 0 Å². The SMILES string of the molecule is CC/C=C\C/C=C\C/C=C\C/C=C\C/C=C\CCCCCCCCCCCCCC(=O)NC(COP(=O)(O)OCC[N+](C)(C)C)C(O)/C=C/CC/C=C/CCCCCCCCCCCCCCCCCC. The van der Waals surface area contributed by atoms with E-state index >= 15 is 0 Å². The number of carbonyl (C=O) groups excluding carboxylic acids is 1. The number of phosphoric ester groups is 1. The number of carbonyl (C=O) groups is 1. The van der Waals surface area contributed by atoms with Gasteiger partial charge in [0.2, 0.25) is 5.91 Å². The molecule has 0 spiro atoms. The van der Waals surface area contributed by atoms with E-state index in [0.717, 1.165) is 70.6 Å². The Morgan fingerprint density at radius 2 is 0.859 bits per heavy atom. The first-order valence-electron chi connectivity index (χ1n) is 29.5. The summed E-state index contributed by atoms with van der Waals surface area (Å²) in [7, 11) is 1.55. The smallest absolute Gasteiger partial charge is 0.387 e. The fraction of sp³-hybridized carbons (Fsp3) is 0.758. The van der Waals surface area contributed by atoms with Crippen LogP contribution in [-0.2, 0) is 18.4 Å². The van der Waals surface area contributed by atoms with Crippen molar-refractivity contribution >= 4 is 13.7 Å². The van der Waals surface area contributed by atoms with Gasteiger partial charge in [-0.25, -0.2) is 4.57 Å². The summed E-state index contributed by atoms with van der Waals surface area (Å²) in [6.07, 6.45) is 74.0. The molecule has 0 aliphatic heterocycles. The number of amides is 1. The van der Waals surface area contributed by atoms with Gasteiger partial charge in [-0.1, -0.05) is 253 Å². The van der Waals surface area contributed by atoms with Crippen molar-refractivity contribution in [1.82, 2.24) is 5.32 Å². The average molecular weight is 1010 g/mol. The maximum atomic E-state index is 13.0. The molecule has 1 amide bonds. The number of phosphoric acid groups is 1. The van der Waals surface area contributed by atoms with Gasteiger partial charge in [-0.05, 0) is 77.0 Å². The van der Waals surface area contributed by atoms with E-state index < -0.39 is 20.0 Å². The molecule has 71 heavy (non-hydrogen) atoms. The van der Waals surface area contributed by atoms with Crippen molar-refractivity contribution in [3.8, 4) is 0 Å². The van der Waals surface area contributed by atoms with Gasteiger partial charge in [0.1, 0.15) is 13.2 Å². The molecule has 0 aliphatic rings. The van der Waals surface area contributed by atoms with Crippen molar-refractivity contribution in [2.45, 2.75) is 264 Å². The molecule has 412 valence electrons. The van der Waals surface area contributed by atoms with Crippen LogP contribution in [0.2, 0.25) is 0 Å². The van der Waals surface area contributed by atoms with Gasteiger partial charge in [0.15, 0.2) is 0 Å². The third kappa shape index (κ3) is 55.3. The highest BCUT2D eigenvalue weighted by Gasteiger charge is 2.27. The van der Waals surface area contributed by atoms with Crippen LogP contribution in [0.3, 0.4) is 0 Å². The Bertz CT molecular complexity index is 1430. The van der Waals surface area contributed by atoms with E-state index in [9.17, 15) is 19.4 Å². The minimum Gasteiger partial charge on any atom is -0.387 e. The number of aliphatic hydroxyl groups excluding tert-OH is 1. The van der Waals surface area contributed by atoms with Gasteiger partial charge < -0.3 is 19.8 Å². The van der Waals surface area contributed by atoms with E-state index in [1.165, 1.54) is 161 Å². The van der Waals surface area contributed by atoms with Crippen LogP contribution >= 0.6 is 7.82 Å². The van der Waals surface area contributed by atoms with Gasteiger partial charge in [-0.15, -0.1) is 0 Å². The summed E-state index contributed by atoms with van der Waals surface area (Å²) < 4.78 is 23.7. The second-order valence-electron chi connectivity index (χ2n) is 21.0. The van der Waals surface area contributed by atoms with E-state index in [2.05, 4.69) is 92.1 Å². The minimum absolute atomic E-state index is 0.0523. The number of hydrogen-bond donors (Lipinski definition) is 3. The molecule has 3 atom stereocenters. The molecule has 0 saturated carbocycles. The van der Waals surface area contributed by atoms with Crippen molar-refractivity contribution in [3.63, 3.8) is 0 Å². The molecule has 0 rings (SSSR count). The highest BCUT2D eigenvalue weighted by atomic mass is 31.2. The van der Waals surface area contributed by atoms with Crippen molar-refractivity contribution in [2.75, 3.05) is 40.9 Å². The second-order valence-corrected chi connectivity index (χ2v) is 22.4. The molecule has 0 heterocycles. The number of aliphatic hydroxyl groups is 1. The molecule has 9 heteroatoms. The van der Waals surface area contributed by atoms with Gasteiger partial charge >= 0.3 is 7.82 Å². The largest absolute Gasteiger partial charge is 0.472 e. The summed E-state index contributed by atoms with van der Waals surface area (Å²) in [6, 6.07) is -0.871. The van der Waals surface area contributed by atoms with E-state index in [-0.39, 0.29) is 19.1 Å². The van der Waals surface area contributed by atoms with Crippen molar-refractivity contribution < 1.29 is 32.9 Å². The Kier molecular flexibility index (Phi) is 50.8. The van der Waals surface area contributed by atoms with E-state index in [0.29, 0.717) is 17.4 Å². The topological polar surface area (TPSA) is 105 Å². The standard InChI is InChI=1S/C62H113N2O6P/c1-6-8-10-12-14-16-18-20-22-24-26-28-30-31-32-33-34-36-38-40-42-44-46-48-50-52-54-56-62(66)63-60(59-70-71(67,68)69-58-57-64(3,4)5)61(65)55-53-51-49-47-45-43-41-39-37-35-29-27-25-23-21-19-17-15-13-11-9-7-2/h8,10,14,16,20,22,26,28,31-32,45,47,53,55,60-61,65H,6-7,9,11-13,15,17-19,21,23-25,27,29-30,33-44,46,48-52,54,56-59H2,1-5H3,(H-,63,66,67,68)/p+1/b10-8-,16-14-,22-20-,28-26-,32-31-,47-45+,55-53+. The monoisotopic (exact) mass is 1010 g/mol. The molecule has 0 fully saturated rings. The summed E-state index contributed by atoms with van der Waals surface area (Å²) in [5.41, 5.74) is 0. The van der Waals surface area contributed by atoms with E-state index in [1.54, 1.807) is 6.08 Å². The number of unbranched alkanes of at least 4 members (excludes halogenated alkanes) is 28. The highest BCUT2D eigenvalue weighted by Crippen LogP contribution is 2.43. The molecule has 0 aliphatic carbocycles. The average Bonchev–Trinajstić information content (AvgIpc) is 3.33. The van der Waals surface area contributed by atoms with Crippen molar-refractivity contribution in [1.29, 1.82) is 0 Å². The number of likely N-dealkylation sites (N-methyl/N-ethyl adjacent to an activating group) is 1. The van der Waals surface area contributed by atoms with E-state index in [4.69, 9.17) is 9.05 Å².